The summed E-state index contributed by atoms with van der Waals surface area (Å²) < 4.78 is 0. The Labute approximate surface area is 165 Å². The average molecular weight is 381 g/mol. The van der Waals surface area contributed by atoms with Crippen LogP contribution >= 0.6 is 0 Å². The van der Waals surface area contributed by atoms with Gasteiger partial charge in [-0.1, -0.05) is 32.1 Å². The van der Waals surface area contributed by atoms with Gasteiger partial charge in [0.1, 0.15) is 0 Å². The van der Waals surface area contributed by atoms with E-state index in [1.807, 2.05) is 0 Å². The van der Waals surface area contributed by atoms with E-state index in [1.165, 1.54) is 44.9 Å². The Balaban J connectivity index is 1.32. The first kappa shape index (κ1) is 21.0. The van der Waals surface area contributed by atoms with E-state index in [9.17, 15) is 4.79 Å². The second kappa shape index (κ2) is 11.3. The van der Waals surface area contributed by atoms with Crippen LogP contribution in [0.15, 0.2) is 0 Å². The average Bonchev–Trinajstić information content (AvgIpc) is 2.65. The van der Waals surface area contributed by atoms with E-state index in [4.69, 9.17) is 5.11 Å². The van der Waals surface area contributed by atoms with E-state index >= 15 is 0 Å². The molecule has 3 rings (SSSR count). The van der Waals surface area contributed by atoms with Gasteiger partial charge in [-0.25, -0.2) is 0 Å². The highest BCUT2D eigenvalue weighted by atomic mass is 16.3. The molecule has 0 radical (unpaired) electrons. The number of likely N-dealkylation sites (tertiary alicyclic amines) is 1. The number of amides is 1. The van der Waals surface area contributed by atoms with E-state index in [1.54, 1.807) is 0 Å². The van der Waals surface area contributed by atoms with Crippen molar-refractivity contribution in [2.75, 3.05) is 59.0 Å². The standard InChI is InChI=1S/C21H40N4O2/c26-17-16-23-12-14-25(15-13-23)20-8-10-24(11-9-20)18-21(27)22-19-6-4-2-1-3-5-7-19/h19-20,26H,1-18H2,(H,22,27). The summed E-state index contributed by atoms with van der Waals surface area (Å²) in [7, 11) is 0. The summed E-state index contributed by atoms with van der Waals surface area (Å²) in [4.78, 5) is 19.8. The third-order valence-corrected chi connectivity index (χ3v) is 6.73. The SMILES string of the molecule is O=C(CN1CCC(N2CCN(CCO)CC2)CC1)NC1CCCCCCC1. The number of rotatable bonds is 6. The minimum absolute atomic E-state index is 0.233. The third kappa shape index (κ3) is 7.00. The zero-order chi connectivity index (χ0) is 18.9. The van der Waals surface area contributed by atoms with E-state index in [0.717, 1.165) is 58.7 Å². The van der Waals surface area contributed by atoms with Crippen molar-refractivity contribution in [1.82, 2.24) is 20.0 Å². The van der Waals surface area contributed by atoms with Gasteiger partial charge in [-0.15, -0.1) is 0 Å². The molecule has 1 amide bonds. The first-order valence-electron chi connectivity index (χ1n) is 11.3. The van der Waals surface area contributed by atoms with Crippen LogP contribution in [0.1, 0.15) is 57.8 Å². The molecule has 0 atom stereocenters. The zero-order valence-corrected chi connectivity index (χ0v) is 17.1. The third-order valence-electron chi connectivity index (χ3n) is 6.73. The Hall–Kier alpha value is -0.690. The molecular formula is C21H40N4O2. The lowest BCUT2D eigenvalue weighted by molar-refractivity contribution is -0.123. The monoisotopic (exact) mass is 380 g/mol. The quantitative estimate of drug-likeness (QED) is 0.727. The highest BCUT2D eigenvalue weighted by Gasteiger charge is 2.28. The molecule has 0 aromatic heterocycles. The van der Waals surface area contributed by atoms with Crippen LogP contribution < -0.4 is 5.32 Å². The number of aliphatic hydroxyl groups excluding tert-OH is 1. The molecule has 6 nitrogen and oxygen atoms in total. The minimum atomic E-state index is 0.233. The summed E-state index contributed by atoms with van der Waals surface area (Å²) in [6, 6.07) is 1.08. The molecule has 0 spiro atoms. The first-order valence-corrected chi connectivity index (χ1v) is 11.3. The van der Waals surface area contributed by atoms with Gasteiger partial charge < -0.3 is 10.4 Å². The fourth-order valence-corrected chi connectivity index (χ4v) is 5.01. The summed E-state index contributed by atoms with van der Waals surface area (Å²) in [5.41, 5.74) is 0. The predicted molar refractivity (Wildman–Crippen MR) is 109 cm³/mol. The topological polar surface area (TPSA) is 59.1 Å². The normalized spacial score (nSPS) is 25.8. The van der Waals surface area contributed by atoms with Crippen molar-refractivity contribution in [1.29, 1.82) is 0 Å². The summed E-state index contributed by atoms with van der Waals surface area (Å²) >= 11 is 0. The number of piperidine rings is 1. The van der Waals surface area contributed by atoms with Crippen molar-refractivity contribution >= 4 is 5.91 Å². The predicted octanol–water partition coefficient (Wildman–Crippen LogP) is 1.29. The lowest BCUT2D eigenvalue weighted by Gasteiger charge is -2.42. The lowest BCUT2D eigenvalue weighted by atomic mass is 9.96. The van der Waals surface area contributed by atoms with Gasteiger partial charge in [0.05, 0.1) is 13.2 Å². The molecule has 27 heavy (non-hydrogen) atoms. The largest absolute Gasteiger partial charge is 0.395 e. The van der Waals surface area contributed by atoms with Crippen molar-refractivity contribution in [2.45, 2.75) is 69.9 Å². The van der Waals surface area contributed by atoms with Gasteiger partial charge in [0.15, 0.2) is 0 Å². The summed E-state index contributed by atoms with van der Waals surface area (Å²) in [5.74, 6) is 0.233. The zero-order valence-electron chi connectivity index (χ0n) is 17.1. The van der Waals surface area contributed by atoms with Gasteiger partial charge in [0, 0.05) is 57.9 Å². The molecule has 0 aromatic rings. The maximum atomic E-state index is 12.5. The molecule has 1 saturated carbocycles. The van der Waals surface area contributed by atoms with Crippen LogP contribution in [0.4, 0.5) is 0 Å². The van der Waals surface area contributed by atoms with Crippen LogP contribution in [0.25, 0.3) is 0 Å². The van der Waals surface area contributed by atoms with Crippen LogP contribution in [0.3, 0.4) is 0 Å². The Kier molecular flexibility index (Phi) is 8.84. The smallest absolute Gasteiger partial charge is 0.234 e. The van der Waals surface area contributed by atoms with Crippen LogP contribution in [0, 0.1) is 0 Å². The molecule has 156 valence electrons. The number of β-amino-alcohol motifs (C(OH)–C–C–N with tert-alkyl or cyclic N) is 1. The van der Waals surface area contributed by atoms with Crippen LogP contribution in [0.5, 0.6) is 0 Å². The highest BCUT2D eigenvalue weighted by molar-refractivity contribution is 5.78. The molecule has 1 aliphatic carbocycles. The number of hydrogen-bond acceptors (Lipinski definition) is 5. The van der Waals surface area contributed by atoms with Crippen molar-refractivity contribution in [3.8, 4) is 0 Å². The van der Waals surface area contributed by atoms with Crippen molar-refractivity contribution in [3.63, 3.8) is 0 Å². The molecule has 2 heterocycles. The molecule has 2 aliphatic heterocycles. The van der Waals surface area contributed by atoms with Crippen LogP contribution in [0.2, 0.25) is 0 Å². The maximum absolute atomic E-state index is 12.5. The number of piperazine rings is 1. The van der Waals surface area contributed by atoms with Gasteiger partial charge in [0.25, 0.3) is 0 Å². The molecule has 3 aliphatic rings. The lowest BCUT2D eigenvalue weighted by Crippen LogP contribution is -2.54. The molecule has 6 heteroatoms. The van der Waals surface area contributed by atoms with Crippen molar-refractivity contribution in [2.24, 2.45) is 0 Å². The second-order valence-electron chi connectivity index (χ2n) is 8.72. The molecule has 2 saturated heterocycles. The Morgan fingerprint density at radius 3 is 2.07 bits per heavy atom. The Morgan fingerprint density at radius 2 is 1.44 bits per heavy atom. The molecule has 2 N–H and O–H groups in total. The molecular weight excluding hydrogens is 340 g/mol. The first-order chi connectivity index (χ1) is 13.2. The number of nitrogens with zero attached hydrogens (tertiary/aromatic N) is 3. The van der Waals surface area contributed by atoms with Crippen LogP contribution in [-0.2, 0) is 4.79 Å². The van der Waals surface area contributed by atoms with Crippen molar-refractivity contribution < 1.29 is 9.90 Å². The number of nitrogens with one attached hydrogen (secondary N) is 1. The number of hydrogen-bond donors (Lipinski definition) is 2. The summed E-state index contributed by atoms with van der Waals surface area (Å²) in [6.07, 6.45) is 11.2. The summed E-state index contributed by atoms with van der Waals surface area (Å²) in [6.45, 7) is 8.12. The molecule has 0 unspecified atom stereocenters. The van der Waals surface area contributed by atoms with Gasteiger partial charge in [-0.2, -0.15) is 0 Å². The number of carbonyl (C=O) groups is 1. The molecule has 0 bridgehead atoms. The fraction of sp³-hybridized carbons (Fsp3) is 0.952. The minimum Gasteiger partial charge on any atom is -0.395 e. The van der Waals surface area contributed by atoms with Gasteiger partial charge in [0.2, 0.25) is 5.91 Å². The Morgan fingerprint density at radius 1 is 0.815 bits per heavy atom. The van der Waals surface area contributed by atoms with Gasteiger partial charge in [-0.3, -0.25) is 19.5 Å². The maximum Gasteiger partial charge on any atom is 0.234 e. The van der Waals surface area contributed by atoms with E-state index in [0.29, 0.717) is 18.6 Å². The number of aliphatic hydroxyl groups is 1. The van der Waals surface area contributed by atoms with E-state index in [2.05, 4.69) is 20.0 Å². The van der Waals surface area contributed by atoms with E-state index < -0.39 is 0 Å². The van der Waals surface area contributed by atoms with Crippen LogP contribution in [-0.4, -0.2) is 96.8 Å². The van der Waals surface area contributed by atoms with Gasteiger partial charge in [-0.05, 0) is 25.7 Å². The van der Waals surface area contributed by atoms with Gasteiger partial charge >= 0.3 is 0 Å². The highest BCUT2D eigenvalue weighted by Crippen LogP contribution is 2.19. The van der Waals surface area contributed by atoms with E-state index in [-0.39, 0.29) is 12.5 Å². The number of carbonyl (C=O) groups excluding carboxylic acids is 1. The Bertz CT molecular complexity index is 424. The molecule has 3 fully saturated rings. The molecule has 0 aromatic carbocycles. The summed E-state index contributed by atoms with van der Waals surface area (Å²) in [5, 5.41) is 12.4. The van der Waals surface area contributed by atoms with Crippen molar-refractivity contribution in [3.05, 3.63) is 0 Å². The second-order valence-corrected chi connectivity index (χ2v) is 8.72. The fourth-order valence-electron chi connectivity index (χ4n) is 5.01.